The molecule has 0 aliphatic heterocycles. The summed E-state index contributed by atoms with van der Waals surface area (Å²) in [6, 6.07) is 11.5. The van der Waals surface area contributed by atoms with Crippen LogP contribution in [0.3, 0.4) is 0 Å². The van der Waals surface area contributed by atoms with Gasteiger partial charge in [0, 0.05) is 11.3 Å². The minimum Gasteiger partial charge on any atom is -0.406 e. The van der Waals surface area contributed by atoms with Crippen molar-refractivity contribution in [1.29, 1.82) is 0 Å². The molecule has 21 heavy (non-hydrogen) atoms. The monoisotopic (exact) mass is 295 g/mol. The third kappa shape index (κ3) is 3.90. The predicted octanol–water partition coefficient (Wildman–Crippen LogP) is 4.96. The highest BCUT2D eigenvalue weighted by atomic mass is 19.4. The smallest absolute Gasteiger partial charge is 0.406 e. The number of nitrogen functional groups attached to an aromatic ring is 1. The zero-order valence-corrected chi connectivity index (χ0v) is 11.7. The summed E-state index contributed by atoms with van der Waals surface area (Å²) in [4.78, 5) is 0. The van der Waals surface area contributed by atoms with Crippen LogP contribution in [-0.2, 0) is 0 Å². The number of rotatable bonds is 3. The second-order valence-corrected chi connectivity index (χ2v) is 5.08. The minimum absolute atomic E-state index is 0.276. The van der Waals surface area contributed by atoms with Crippen molar-refractivity contribution in [3.8, 4) is 16.9 Å². The van der Waals surface area contributed by atoms with Crippen LogP contribution in [0.1, 0.15) is 25.3 Å². The maximum absolute atomic E-state index is 12.3. The third-order valence-corrected chi connectivity index (χ3v) is 3.12. The van der Waals surface area contributed by atoms with Gasteiger partial charge in [-0.05, 0) is 35.2 Å². The lowest BCUT2D eigenvalue weighted by molar-refractivity contribution is -0.274. The maximum Gasteiger partial charge on any atom is 0.573 e. The van der Waals surface area contributed by atoms with Gasteiger partial charge in [-0.1, -0.05) is 38.1 Å². The van der Waals surface area contributed by atoms with E-state index in [1.165, 1.54) is 18.2 Å². The van der Waals surface area contributed by atoms with E-state index >= 15 is 0 Å². The number of hydrogen-bond donors (Lipinski definition) is 1. The van der Waals surface area contributed by atoms with Crippen molar-refractivity contribution >= 4 is 5.69 Å². The molecule has 0 bridgehead atoms. The molecule has 2 aromatic carbocycles. The molecule has 112 valence electrons. The van der Waals surface area contributed by atoms with Crippen molar-refractivity contribution in [3.63, 3.8) is 0 Å². The number of hydrogen-bond acceptors (Lipinski definition) is 2. The molecule has 0 spiro atoms. The number of anilines is 1. The van der Waals surface area contributed by atoms with Gasteiger partial charge in [-0.15, -0.1) is 13.2 Å². The quantitative estimate of drug-likeness (QED) is 0.812. The minimum atomic E-state index is -4.72. The van der Waals surface area contributed by atoms with Gasteiger partial charge in [-0.3, -0.25) is 0 Å². The highest BCUT2D eigenvalue weighted by Crippen LogP contribution is 2.33. The molecule has 0 aliphatic carbocycles. The summed E-state index contributed by atoms with van der Waals surface area (Å²) >= 11 is 0. The van der Waals surface area contributed by atoms with Crippen LogP contribution in [0.5, 0.6) is 5.75 Å². The van der Waals surface area contributed by atoms with E-state index in [9.17, 15) is 13.2 Å². The van der Waals surface area contributed by atoms with Gasteiger partial charge >= 0.3 is 6.36 Å². The average molecular weight is 295 g/mol. The molecule has 0 heterocycles. The van der Waals surface area contributed by atoms with E-state index < -0.39 is 6.36 Å². The van der Waals surface area contributed by atoms with Crippen LogP contribution in [0.4, 0.5) is 18.9 Å². The van der Waals surface area contributed by atoms with E-state index in [0.29, 0.717) is 17.2 Å². The number of alkyl halides is 3. The molecule has 0 radical (unpaired) electrons. The standard InChI is InChI=1S/C16H16F3NO/c1-10(2)11-4-3-5-12(8-11)14-9-13(6-7-15(14)20)21-16(17,18)19/h3-10H,20H2,1-2H3. The number of benzene rings is 2. The zero-order chi connectivity index (χ0) is 15.6. The maximum atomic E-state index is 12.3. The fraction of sp³-hybridized carbons (Fsp3) is 0.250. The highest BCUT2D eigenvalue weighted by molar-refractivity contribution is 5.78. The van der Waals surface area contributed by atoms with Crippen LogP contribution in [0.2, 0.25) is 0 Å². The van der Waals surface area contributed by atoms with Gasteiger partial charge in [0.2, 0.25) is 0 Å². The van der Waals surface area contributed by atoms with Crippen LogP contribution in [0.15, 0.2) is 42.5 Å². The Morgan fingerprint density at radius 1 is 1.05 bits per heavy atom. The predicted molar refractivity (Wildman–Crippen MR) is 77.1 cm³/mol. The summed E-state index contributed by atoms with van der Waals surface area (Å²) in [5.74, 6) is 0.0439. The molecule has 0 aliphatic rings. The summed E-state index contributed by atoms with van der Waals surface area (Å²) in [6.07, 6.45) is -4.72. The van der Waals surface area contributed by atoms with Crippen LogP contribution in [-0.4, -0.2) is 6.36 Å². The summed E-state index contributed by atoms with van der Waals surface area (Å²) < 4.78 is 40.8. The Hall–Kier alpha value is -2.17. The van der Waals surface area contributed by atoms with Crippen molar-refractivity contribution in [2.24, 2.45) is 0 Å². The van der Waals surface area contributed by atoms with E-state index in [2.05, 4.69) is 4.74 Å². The first-order valence-corrected chi connectivity index (χ1v) is 6.52. The summed E-state index contributed by atoms with van der Waals surface area (Å²) in [5, 5.41) is 0. The molecule has 2 N–H and O–H groups in total. The Kier molecular flexibility index (Phi) is 4.11. The first-order valence-electron chi connectivity index (χ1n) is 6.52. The molecular weight excluding hydrogens is 279 g/mol. The van der Waals surface area contributed by atoms with Crippen LogP contribution in [0.25, 0.3) is 11.1 Å². The van der Waals surface area contributed by atoms with Gasteiger partial charge in [-0.25, -0.2) is 0 Å². The Balaban J connectivity index is 2.43. The van der Waals surface area contributed by atoms with Crippen LogP contribution < -0.4 is 10.5 Å². The van der Waals surface area contributed by atoms with Gasteiger partial charge < -0.3 is 10.5 Å². The lowest BCUT2D eigenvalue weighted by Crippen LogP contribution is -2.17. The molecule has 0 aromatic heterocycles. The zero-order valence-electron chi connectivity index (χ0n) is 11.7. The van der Waals surface area contributed by atoms with Crippen molar-refractivity contribution < 1.29 is 17.9 Å². The van der Waals surface area contributed by atoms with Crippen molar-refractivity contribution in [1.82, 2.24) is 0 Å². The average Bonchev–Trinajstić information content (AvgIpc) is 2.39. The van der Waals surface area contributed by atoms with Gasteiger partial charge in [-0.2, -0.15) is 0 Å². The van der Waals surface area contributed by atoms with Gasteiger partial charge in [0.05, 0.1) is 0 Å². The van der Waals surface area contributed by atoms with Crippen LogP contribution in [0, 0.1) is 0 Å². The first kappa shape index (κ1) is 15.2. The van der Waals surface area contributed by atoms with E-state index in [4.69, 9.17) is 5.73 Å². The third-order valence-electron chi connectivity index (χ3n) is 3.12. The number of ether oxygens (including phenoxy) is 1. The van der Waals surface area contributed by atoms with Crippen molar-refractivity contribution in [3.05, 3.63) is 48.0 Å². The molecule has 0 fully saturated rings. The van der Waals surface area contributed by atoms with Crippen molar-refractivity contribution in [2.75, 3.05) is 5.73 Å². The van der Waals surface area contributed by atoms with Gasteiger partial charge in [0.15, 0.2) is 0 Å². The molecule has 0 amide bonds. The lowest BCUT2D eigenvalue weighted by atomic mass is 9.96. The van der Waals surface area contributed by atoms with Gasteiger partial charge in [0.1, 0.15) is 5.75 Å². The normalized spacial score (nSPS) is 11.7. The Morgan fingerprint density at radius 3 is 2.38 bits per heavy atom. The summed E-state index contributed by atoms with van der Waals surface area (Å²) in [7, 11) is 0. The first-order chi connectivity index (χ1) is 9.76. The fourth-order valence-electron chi connectivity index (χ4n) is 2.05. The number of halogens is 3. The van der Waals surface area contributed by atoms with E-state index in [1.54, 1.807) is 0 Å². The molecule has 2 aromatic rings. The molecule has 0 atom stereocenters. The molecule has 0 saturated heterocycles. The van der Waals surface area contributed by atoms with E-state index in [1.807, 2.05) is 38.1 Å². The lowest BCUT2D eigenvalue weighted by Gasteiger charge is -2.13. The van der Waals surface area contributed by atoms with E-state index in [0.717, 1.165) is 11.1 Å². The molecule has 0 unspecified atom stereocenters. The molecule has 2 rings (SSSR count). The second-order valence-electron chi connectivity index (χ2n) is 5.08. The largest absolute Gasteiger partial charge is 0.573 e. The van der Waals surface area contributed by atoms with Crippen molar-refractivity contribution in [2.45, 2.75) is 26.1 Å². The fourth-order valence-corrected chi connectivity index (χ4v) is 2.05. The molecule has 2 nitrogen and oxygen atoms in total. The highest BCUT2D eigenvalue weighted by Gasteiger charge is 2.31. The topological polar surface area (TPSA) is 35.2 Å². The Labute approximate surface area is 121 Å². The van der Waals surface area contributed by atoms with Crippen LogP contribution >= 0.6 is 0 Å². The SMILES string of the molecule is CC(C)c1cccc(-c2cc(OC(F)(F)F)ccc2N)c1. The molecule has 0 saturated carbocycles. The molecular formula is C16H16F3NO. The van der Waals surface area contributed by atoms with E-state index in [-0.39, 0.29) is 5.75 Å². The Bertz CT molecular complexity index is 636. The Morgan fingerprint density at radius 2 is 1.76 bits per heavy atom. The number of nitrogens with two attached hydrogens (primary N) is 1. The second kappa shape index (κ2) is 5.68. The van der Waals surface area contributed by atoms with Gasteiger partial charge in [0.25, 0.3) is 0 Å². The summed E-state index contributed by atoms with van der Waals surface area (Å²) in [6.45, 7) is 4.09. The summed E-state index contributed by atoms with van der Waals surface area (Å²) in [5.41, 5.74) is 8.67. The molecule has 5 heteroatoms.